The third kappa shape index (κ3) is 5.75. The number of ether oxygens (including phenoxy) is 1. The van der Waals surface area contributed by atoms with Gasteiger partial charge in [-0.15, -0.1) is 0 Å². The number of guanidine groups is 1. The van der Waals surface area contributed by atoms with Crippen molar-refractivity contribution >= 4 is 12.1 Å². The molecule has 1 unspecified atom stereocenters. The number of amides is 1. The zero-order valence-corrected chi connectivity index (χ0v) is 18.2. The summed E-state index contributed by atoms with van der Waals surface area (Å²) in [5.74, 6) is 1.18. The number of aryl methyl sites for hydroxylation is 2. The van der Waals surface area contributed by atoms with Gasteiger partial charge < -0.3 is 20.7 Å². The van der Waals surface area contributed by atoms with E-state index in [1.165, 1.54) is 0 Å². The molecule has 1 saturated carbocycles. The van der Waals surface area contributed by atoms with E-state index in [9.17, 15) is 4.79 Å². The number of rotatable bonds is 8. The highest BCUT2D eigenvalue weighted by atomic mass is 16.5. The average Bonchev–Trinajstić information content (AvgIpc) is 3.51. The van der Waals surface area contributed by atoms with Crippen LogP contribution in [0.5, 0.6) is 0 Å². The molecule has 1 atom stereocenters. The highest BCUT2D eigenvalue weighted by Crippen LogP contribution is 2.32. The maximum Gasteiger partial charge on any atom is 0.407 e. The van der Waals surface area contributed by atoms with Crippen molar-refractivity contribution in [3.63, 3.8) is 0 Å². The quantitative estimate of drug-likeness (QED) is 0.458. The molecule has 2 aromatic rings. The number of nitrogens with zero attached hydrogens (tertiary/aromatic N) is 3. The number of hydrogen-bond acceptors (Lipinski definition) is 4. The van der Waals surface area contributed by atoms with Gasteiger partial charge in [-0.1, -0.05) is 18.2 Å². The number of hydrogen-bond donors (Lipinski definition) is 3. The van der Waals surface area contributed by atoms with Gasteiger partial charge >= 0.3 is 6.09 Å². The molecule has 0 bridgehead atoms. The zero-order valence-electron chi connectivity index (χ0n) is 18.2. The molecule has 1 aromatic carbocycles. The summed E-state index contributed by atoms with van der Waals surface area (Å²) >= 11 is 0. The second-order valence-electron chi connectivity index (χ2n) is 7.58. The average molecular weight is 413 g/mol. The Morgan fingerprint density at radius 3 is 2.70 bits per heavy atom. The highest BCUT2D eigenvalue weighted by Gasteiger charge is 2.32. The van der Waals surface area contributed by atoms with Gasteiger partial charge in [-0.25, -0.2) is 9.48 Å². The number of aliphatic imine (C=N–C) groups is 1. The molecule has 0 spiro atoms. The normalized spacial score (nSPS) is 14.9. The van der Waals surface area contributed by atoms with Crippen molar-refractivity contribution in [2.45, 2.75) is 46.2 Å². The minimum absolute atomic E-state index is 0.0320. The number of aromatic nitrogens is 2. The van der Waals surface area contributed by atoms with Crippen molar-refractivity contribution in [1.82, 2.24) is 25.7 Å². The Hall–Kier alpha value is -3.03. The zero-order chi connectivity index (χ0) is 21.5. The van der Waals surface area contributed by atoms with E-state index in [1.54, 1.807) is 14.0 Å². The van der Waals surface area contributed by atoms with Crippen molar-refractivity contribution < 1.29 is 9.53 Å². The number of benzene rings is 1. The van der Waals surface area contributed by atoms with Crippen LogP contribution in [-0.4, -0.2) is 48.1 Å². The van der Waals surface area contributed by atoms with Crippen LogP contribution in [0.25, 0.3) is 5.69 Å². The smallest absolute Gasteiger partial charge is 0.407 e. The maximum absolute atomic E-state index is 11.8. The molecule has 30 heavy (non-hydrogen) atoms. The van der Waals surface area contributed by atoms with Gasteiger partial charge in [0.05, 0.1) is 24.0 Å². The van der Waals surface area contributed by atoms with Crippen LogP contribution in [0.15, 0.2) is 35.3 Å². The Balaban J connectivity index is 1.60. The first-order chi connectivity index (χ1) is 14.5. The van der Waals surface area contributed by atoms with Crippen molar-refractivity contribution in [2.24, 2.45) is 10.9 Å². The van der Waals surface area contributed by atoms with Crippen LogP contribution in [0.3, 0.4) is 0 Å². The van der Waals surface area contributed by atoms with Crippen LogP contribution in [0.4, 0.5) is 4.79 Å². The third-order valence-electron chi connectivity index (χ3n) is 5.16. The van der Waals surface area contributed by atoms with Crippen molar-refractivity contribution in [2.75, 3.05) is 20.2 Å². The van der Waals surface area contributed by atoms with Crippen molar-refractivity contribution in [3.05, 3.63) is 47.3 Å². The van der Waals surface area contributed by atoms with E-state index in [0.717, 1.165) is 35.5 Å². The molecule has 0 saturated heterocycles. The monoisotopic (exact) mass is 412 g/mol. The molecule has 8 heteroatoms. The fourth-order valence-electron chi connectivity index (χ4n) is 3.50. The van der Waals surface area contributed by atoms with Crippen LogP contribution in [0, 0.1) is 19.8 Å². The predicted octanol–water partition coefficient (Wildman–Crippen LogP) is 2.68. The number of carbonyl (C=O) groups is 1. The number of carbonyl (C=O) groups excluding carboxylic acids is 1. The first-order valence-electron chi connectivity index (χ1n) is 10.5. The fraction of sp³-hybridized carbons (Fsp3) is 0.500. The van der Waals surface area contributed by atoms with E-state index in [1.807, 2.05) is 23.7 Å². The summed E-state index contributed by atoms with van der Waals surface area (Å²) in [6.07, 6.45) is 1.89. The van der Waals surface area contributed by atoms with E-state index in [4.69, 9.17) is 4.74 Å². The first kappa shape index (κ1) is 21.7. The van der Waals surface area contributed by atoms with Crippen molar-refractivity contribution in [1.29, 1.82) is 0 Å². The molecule has 1 aromatic heterocycles. The van der Waals surface area contributed by atoms with Gasteiger partial charge in [0.25, 0.3) is 0 Å². The Labute approximate surface area is 178 Å². The van der Waals surface area contributed by atoms with Gasteiger partial charge in [0.15, 0.2) is 5.96 Å². The second-order valence-corrected chi connectivity index (χ2v) is 7.58. The second kappa shape index (κ2) is 10.1. The Bertz CT molecular complexity index is 888. The summed E-state index contributed by atoms with van der Waals surface area (Å²) in [6, 6.07) is 10.3. The number of nitrogens with one attached hydrogen (secondary N) is 3. The number of para-hydroxylation sites is 1. The predicted molar refractivity (Wildman–Crippen MR) is 118 cm³/mol. The molecular weight excluding hydrogens is 380 g/mol. The molecule has 8 nitrogen and oxygen atoms in total. The molecule has 1 fully saturated rings. The van der Waals surface area contributed by atoms with Crippen LogP contribution in [0.1, 0.15) is 36.7 Å². The van der Waals surface area contributed by atoms with E-state index in [0.29, 0.717) is 31.6 Å². The van der Waals surface area contributed by atoms with Crippen LogP contribution >= 0.6 is 0 Å². The molecule has 3 rings (SSSR count). The van der Waals surface area contributed by atoms with E-state index >= 15 is 0 Å². The molecule has 162 valence electrons. The largest absolute Gasteiger partial charge is 0.450 e. The van der Waals surface area contributed by atoms with Crippen molar-refractivity contribution in [3.8, 4) is 5.69 Å². The maximum atomic E-state index is 11.8. The minimum atomic E-state index is -0.363. The summed E-state index contributed by atoms with van der Waals surface area (Å²) in [5, 5.41) is 14.3. The van der Waals surface area contributed by atoms with E-state index in [-0.39, 0.29) is 12.1 Å². The van der Waals surface area contributed by atoms with Gasteiger partial charge in [0.1, 0.15) is 0 Å². The van der Waals surface area contributed by atoms with Crippen LogP contribution in [-0.2, 0) is 11.3 Å². The Morgan fingerprint density at radius 2 is 2.07 bits per heavy atom. The van der Waals surface area contributed by atoms with Gasteiger partial charge in [-0.3, -0.25) is 4.99 Å². The topological polar surface area (TPSA) is 92.6 Å². The van der Waals surface area contributed by atoms with Gasteiger partial charge in [-0.05, 0) is 57.2 Å². The number of alkyl carbamates (subject to hydrolysis) is 1. The Morgan fingerprint density at radius 1 is 1.30 bits per heavy atom. The summed E-state index contributed by atoms with van der Waals surface area (Å²) in [6.45, 7) is 7.43. The van der Waals surface area contributed by atoms with Crippen LogP contribution < -0.4 is 16.0 Å². The molecule has 0 radical (unpaired) electrons. The molecule has 0 aliphatic heterocycles. The summed E-state index contributed by atoms with van der Waals surface area (Å²) in [4.78, 5) is 16.1. The molecule has 1 heterocycles. The molecule has 1 aliphatic carbocycles. The van der Waals surface area contributed by atoms with Gasteiger partial charge in [-0.2, -0.15) is 5.10 Å². The summed E-state index contributed by atoms with van der Waals surface area (Å²) in [5.41, 5.74) is 4.26. The SMILES string of the molecule is CCOC(=O)NC(CNC(=NC)NCc1ccccc1-n1nc(C)cc1C)C1CC1. The minimum Gasteiger partial charge on any atom is -0.450 e. The van der Waals surface area contributed by atoms with Gasteiger partial charge in [0.2, 0.25) is 0 Å². The lowest BCUT2D eigenvalue weighted by molar-refractivity contribution is 0.146. The standard InChI is InChI=1S/C22H32N6O2/c1-5-30-22(29)26-19(17-10-11-17)14-25-21(23-4)24-13-18-8-6-7-9-20(18)28-16(3)12-15(2)27-28/h6-9,12,17,19H,5,10-11,13-14H2,1-4H3,(H,26,29)(H2,23,24,25). The van der Waals surface area contributed by atoms with E-state index < -0.39 is 0 Å². The molecule has 3 N–H and O–H groups in total. The van der Waals surface area contributed by atoms with Crippen LogP contribution in [0.2, 0.25) is 0 Å². The van der Waals surface area contributed by atoms with Gasteiger partial charge in [0, 0.05) is 25.8 Å². The summed E-state index contributed by atoms with van der Waals surface area (Å²) < 4.78 is 6.99. The molecular formula is C22H32N6O2. The fourth-order valence-corrected chi connectivity index (χ4v) is 3.50. The molecule has 1 amide bonds. The molecule has 1 aliphatic rings. The lowest BCUT2D eigenvalue weighted by Gasteiger charge is -2.20. The first-order valence-corrected chi connectivity index (χ1v) is 10.5. The lowest BCUT2D eigenvalue weighted by atomic mass is 10.1. The third-order valence-corrected chi connectivity index (χ3v) is 5.16. The lowest BCUT2D eigenvalue weighted by Crippen LogP contribution is -2.48. The highest BCUT2D eigenvalue weighted by molar-refractivity contribution is 5.79. The Kier molecular flexibility index (Phi) is 7.32. The van der Waals surface area contributed by atoms with E-state index in [2.05, 4.69) is 51.2 Å². The summed E-state index contributed by atoms with van der Waals surface area (Å²) in [7, 11) is 1.74.